The van der Waals surface area contributed by atoms with Crippen LogP contribution in [0.25, 0.3) is 0 Å². The predicted molar refractivity (Wildman–Crippen MR) is 67.8 cm³/mol. The lowest BCUT2D eigenvalue weighted by Gasteiger charge is -2.04. The zero-order valence-corrected chi connectivity index (χ0v) is 11.0. The van der Waals surface area contributed by atoms with E-state index in [9.17, 15) is 5.11 Å². The van der Waals surface area contributed by atoms with E-state index in [1.54, 1.807) is 6.07 Å². The zero-order chi connectivity index (χ0) is 11.5. The third kappa shape index (κ3) is 2.70. The van der Waals surface area contributed by atoms with Gasteiger partial charge in [-0.15, -0.1) is 10.2 Å². The van der Waals surface area contributed by atoms with Gasteiger partial charge in [0.25, 0.3) is 0 Å². The van der Waals surface area contributed by atoms with Crippen molar-refractivity contribution >= 4 is 32.4 Å². The van der Waals surface area contributed by atoms with E-state index in [2.05, 4.69) is 31.4 Å². The summed E-state index contributed by atoms with van der Waals surface area (Å²) >= 11 is 4.79. The van der Waals surface area contributed by atoms with Gasteiger partial charge in [0.2, 0.25) is 5.13 Å². The highest BCUT2D eigenvalue weighted by Crippen LogP contribution is 2.24. The molecule has 84 valence electrons. The minimum Gasteiger partial charge on any atom is -0.507 e. The van der Waals surface area contributed by atoms with E-state index in [1.807, 2.05) is 19.1 Å². The SMILES string of the molecule is Cc1nnc(NCc2ccc(O)c(Br)c2)s1. The molecule has 1 aromatic carbocycles. The third-order valence-electron chi connectivity index (χ3n) is 1.98. The number of halogens is 1. The minimum absolute atomic E-state index is 0.246. The molecule has 0 bridgehead atoms. The number of nitrogens with zero attached hydrogens (tertiary/aromatic N) is 2. The maximum atomic E-state index is 9.34. The molecule has 0 aliphatic rings. The topological polar surface area (TPSA) is 58.0 Å². The van der Waals surface area contributed by atoms with E-state index in [4.69, 9.17) is 0 Å². The Morgan fingerprint density at radius 2 is 2.25 bits per heavy atom. The number of nitrogens with one attached hydrogen (secondary N) is 1. The molecule has 1 heterocycles. The van der Waals surface area contributed by atoms with Crippen molar-refractivity contribution in [1.29, 1.82) is 0 Å². The van der Waals surface area contributed by atoms with E-state index in [1.165, 1.54) is 11.3 Å². The fraction of sp³-hybridized carbons (Fsp3) is 0.200. The standard InChI is InChI=1S/C10H10BrN3OS/c1-6-13-14-10(16-6)12-5-7-2-3-9(15)8(11)4-7/h2-4,15H,5H2,1H3,(H,12,14). The van der Waals surface area contributed by atoms with Crippen molar-refractivity contribution < 1.29 is 5.11 Å². The first-order valence-corrected chi connectivity index (χ1v) is 6.27. The summed E-state index contributed by atoms with van der Waals surface area (Å²) in [6, 6.07) is 5.39. The van der Waals surface area contributed by atoms with Crippen LogP contribution in [0.15, 0.2) is 22.7 Å². The lowest BCUT2D eigenvalue weighted by Crippen LogP contribution is -1.98. The van der Waals surface area contributed by atoms with Gasteiger partial charge in [0.05, 0.1) is 4.47 Å². The Hall–Kier alpha value is -1.14. The van der Waals surface area contributed by atoms with Crippen LogP contribution in [-0.2, 0) is 6.54 Å². The smallest absolute Gasteiger partial charge is 0.205 e. The molecule has 2 rings (SSSR count). The quantitative estimate of drug-likeness (QED) is 0.915. The van der Waals surface area contributed by atoms with Gasteiger partial charge in [-0.2, -0.15) is 0 Å². The number of phenols is 1. The molecule has 0 saturated heterocycles. The van der Waals surface area contributed by atoms with Crippen molar-refractivity contribution in [3.05, 3.63) is 33.2 Å². The predicted octanol–water partition coefficient (Wildman–Crippen LogP) is 2.93. The molecule has 1 aromatic heterocycles. The van der Waals surface area contributed by atoms with Crippen LogP contribution < -0.4 is 5.32 Å². The summed E-state index contributed by atoms with van der Waals surface area (Å²) in [5.41, 5.74) is 1.07. The number of aromatic nitrogens is 2. The van der Waals surface area contributed by atoms with E-state index in [0.717, 1.165) is 15.7 Å². The number of aromatic hydroxyl groups is 1. The Kier molecular flexibility index (Phi) is 3.40. The first-order valence-electron chi connectivity index (χ1n) is 4.66. The second kappa shape index (κ2) is 4.80. The summed E-state index contributed by atoms with van der Waals surface area (Å²) < 4.78 is 0.695. The largest absolute Gasteiger partial charge is 0.507 e. The highest BCUT2D eigenvalue weighted by Gasteiger charge is 2.02. The fourth-order valence-corrected chi connectivity index (χ4v) is 2.22. The van der Waals surface area contributed by atoms with Crippen molar-refractivity contribution in [3.63, 3.8) is 0 Å². The van der Waals surface area contributed by atoms with Gasteiger partial charge in [-0.1, -0.05) is 17.4 Å². The Balaban J connectivity index is 2.02. The van der Waals surface area contributed by atoms with Crippen LogP contribution in [0, 0.1) is 6.92 Å². The van der Waals surface area contributed by atoms with Gasteiger partial charge >= 0.3 is 0 Å². The lowest BCUT2D eigenvalue weighted by molar-refractivity contribution is 0.471. The Labute approximate surface area is 105 Å². The van der Waals surface area contributed by atoms with Gasteiger partial charge in [-0.25, -0.2) is 0 Å². The zero-order valence-electron chi connectivity index (χ0n) is 8.57. The monoisotopic (exact) mass is 299 g/mol. The number of hydrogen-bond donors (Lipinski definition) is 2. The second-order valence-corrected chi connectivity index (χ2v) is 5.30. The normalized spacial score (nSPS) is 10.4. The van der Waals surface area contributed by atoms with E-state index in [-0.39, 0.29) is 5.75 Å². The molecule has 6 heteroatoms. The number of phenolic OH excluding ortho intramolecular Hbond substituents is 1. The van der Waals surface area contributed by atoms with Crippen LogP contribution in [-0.4, -0.2) is 15.3 Å². The van der Waals surface area contributed by atoms with Crippen molar-refractivity contribution in [1.82, 2.24) is 10.2 Å². The van der Waals surface area contributed by atoms with Crippen molar-refractivity contribution in [2.45, 2.75) is 13.5 Å². The van der Waals surface area contributed by atoms with E-state index >= 15 is 0 Å². The molecule has 0 aliphatic heterocycles. The van der Waals surface area contributed by atoms with Crippen molar-refractivity contribution in [2.24, 2.45) is 0 Å². The Bertz CT molecular complexity index is 501. The maximum Gasteiger partial charge on any atom is 0.205 e. The third-order valence-corrected chi connectivity index (χ3v) is 3.41. The average Bonchev–Trinajstić information content (AvgIpc) is 2.66. The van der Waals surface area contributed by atoms with Crippen molar-refractivity contribution in [2.75, 3.05) is 5.32 Å². The van der Waals surface area contributed by atoms with Crippen molar-refractivity contribution in [3.8, 4) is 5.75 Å². The highest BCUT2D eigenvalue weighted by molar-refractivity contribution is 9.10. The van der Waals surface area contributed by atoms with Gasteiger partial charge in [-0.3, -0.25) is 0 Å². The summed E-state index contributed by atoms with van der Waals surface area (Å²) in [5.74, 6) is 0.246. The van der Waals surface area contributed by atoms with Gasteiger partial charge in [-0.05, 0) is 40.5 Å². The van der Waals surface area contributed by atoms with Crippen LogP contribution in [0.2, 0.25) is 0 Å². The van der Waals surface area contributed by atoms with Gasteiger partial charge in [0.1, 0.15) is 10.8 Å². The van der Waals surface area contributed by atoms with Gasteiger partial charge in [0, 0.05) is 6.54 Å². The van der Waals surface area contributed by atoms with Crippen LogP contribution in [0.3, 0.4) is 0 Å². The molecule has 16 heavy (non-hydrogen) atoms. The summed E-state index contributed by atoms with van der Waals surface area (Å²) in [4.78, 5) is 0. The first-order chi connectivity index (χ1) is 7.65. The van der Waals surface area contributed by atoms with E-state index < -0.39 is 0 Å². The molecule has 2 aromatic rings. The number of benzene rings is 1. The molecular weight excluding hydrogens is 290 g/mol. The Morgan fingerprint density at radius 1 is 1.44 bits per heavy atom. The molecule has 0 amide bonds. The molecule has 0 atom stereocenters. The molecule has 0 unspecified atom stereocenters. The summed E-state index contributed by atoms with van der Waals surface area (Å²) in [7, 11) is 0. The second-order valence-electron chi connectivity index (χ2n) is 3.27. The molecular formula is C10H10BrN3OS. The molecule has 0 radical (unpaired) electrons. The summed E-state index contributed by atoms with van der Waals surface area (Å²) in [6.45, 7) is 2.58. The Morgan fingerprint density at radius 3 is 2.88 bits per heavy atom. The van der Waals surface area contributed by atoms with Crippen LogP contribution in [0.5, 0.6) is 5.75 Å². The number of aryl methyl sites for hydroxylation is 1. The molecule has 4 nitrogen and oxygen atoms in total. The molecule has 0 saturated carbocycles. The molecule has 2 N–H and O–H groups in total. The number of rotatable bonds is 3. The van der Waals surface area contributed by atoms with Crippen LogP contribution >= 0.6 is 27.3 Å². The fourth-order valence-electron chi connectivity index (χ4n) is 1.21. The maximum absolute atomic E-state index is 9.34. The van der Waals surface area contributed by atoms with Gasteiger partial charge in [0.15, 0.2) is 0 Å². The molecule has 0 aliphatic carbocycles. The van der Waals surface area contributed by atoms with Crippen LogP contribution in [0.1, 0.15) is 10.6 Å². The summed E-state index contributed by atoms with van der Waals surface area (Å²) in [5, 5.41) is 22.1. The number of anilines is 1. The van der Waals surface area contributed by atoms with E-state index in [0.29, 0.717) is 11.0 Å². The summed E-state index contributed by atoms with van der Waals surface area (Å²) in [6.07, 6.45) is 0. The minimum atomic E-state index is 0.246. The molecule has 0 fully saturated rings. The number of hydrogen-bond acceptors (Lipinski definition) is 5. The van der Waals surface area contributed by atoms with Crippen LogP contribution in [0.4, 0.5) is 5.13 Å². The lowest BCUT2D eigenvalue weighted by atomic mass is 10.2. The van der Waals surface area contributed by atoms with Gasteiger partial charge < -0.3 is 10.4 Å². The first kappa shape index (κ1) is 11.3. The average molecular weight is 300 g/mol. The molecule has 0 spiro atoms. The highest BCUT2D eigenvalue weighted by atomic mass is 79.9.